The molecule has 154 valence electrons. The van der Waals surface area contributed by atoms with Crippen LogP contribution in [0.4, 0.5) is 4.39 Å². The van der Waals surface area contributed by atoms with Crippen molar-refractivity contribution in [3.63, 3.8) is 0 Å². The fourth-order valence-corrected chi connectivity index (χ4v) is 3.89. The van der Waals surface area contributed by atoms with E-state index in [0.717, 1.165) is 52.2 Å². The molecule has 0 aromatic heterocycles. The van der Waals surface area contributed by atoms with Crippen LogP contribution in [-0.4, -0.2) is 13.4 Å². The van der Waals surface area contributed by atoms with E-state index < -0.39 is 5.82 Å². The van der Waals surface area contributed by atoms with Crippen LogP contribution in [0.15, 0.2) is 85.5 Å². The lowest BCUT2D eigenvalue weighted by Gasteiger charge is -2.11. The Hall–Kier alpha value is -3.72. The van der Waals surface area contributed by atoms with Gasteiger partial charge in [0.1, 0.15) is 0 Å². The molecule has 31 heavy (non-hydrogen) atoms. The maximum absolute atomic E-state index is 14.1. The molecule has 0 aliphatic heterocycles. The summed E-state index contributed by atoms with van der Waals surface area (Å²) in [5, 5.41) is 1.99. The van der Waals surface area contributed by atoms with E-state index in [0.29, 0.717) is 5.56 Å². The number of hydrogen-bond acceptors (Lipinski definition) is 2. The number of rotatable bonds is 7. The fraction of sp³-hybridized carbons (Fsp3) is 0.107. The monoisotopic (exact) mass is 410 g/mol. The minimum absolute atomic E-state index is 0.222. The minimum Gasteiger partial charge on any atom is -0.494 e. The van der Waals surface area contributed by atoms with Crippen molar-refractivity contribution in [2.75, 3.05) is 7.11 Å². The average Bonchev–Trinajstić information content (AvgIpc) is 2.81. The third kappa shape index (κ3) is 4.13. The van der Waals surface area contributed by atoms with Gasteiger partial charge in [0.15, 0.2) is 17.9 Å². The second-order valence-electron chi connectivity index (χ2n) is 7.45. The third-order valence-electron chi connectivity index (χ3n) is 5.56. The molecule has 3 heteroatoms. The molecule has 0 radical (unpaired) electrons. The van der Waals surface area contributed by atoms with Crippen LogP contribution in [0, 0.1) is 5.82 Å². The largest absolute Gasteiger partial charge is 0.494 e. The molecule has 0 N–H and O–H groups in total. The van der Waals surface area contributed by atoms with Crippen molar-refractivity contribution in [2.24, 2.45) is 0 Å². The van der Waals surface area contributed by atoms with Gasteiger partial charge in [-0.3, -0.25) is 4.79 Å². The number of halogens is 1. The molecule has 0 bridgehead atoms. The first kappa shape index (κ1) is 20.5. The van der Waals surface area contributed by atoms with E-state index in [1.807, 2.05) is 48.5 Å². The first-order valence-electron chi connectivity index (χ1n) is 10.2. The lowest BCUT2D eigenvalue weighted by Crippen LogP contribution is -1.92. The summed E-state index contributed by atoms with van der Waals surface area (Å²) >= 11 is 0. The molecule has 0 spiro atoms. The first-order valence-corrected chi connectivity index (χ1v) is 10.2. The van der Waals surface area contributed by atoms with Crippen LogP contribution in [0.5, 0.6) is 5.75 Å². The summed E-state index contributed by atoms with van der Waals surface area (Å²) in [4.78, 5) is 12.0. The highest BCUT2D eigenvalue weighted by atomic mass is 19.1. The van der Waals surface area contributed by atoms with Gasteiger partial charge in [-0.15, -0.1) is 6.58 Å². The number of benzene rings is 4. The number of allylic oxidation sites excluding steroid dienone is 1. The number of carbonyl (C=O) groups is 1. The summed E-state index contributed by atoms with van der Waals surface area (Å²) in [6, 6.07) is 23.0. The molecular formula is C28H23FO2. The molecule has 4 aromatic carbocycles. The van der Waals surface area contributed by atoms with Crippen LogP contribution < -0.4 is 4.74 Å². The Morgan fingerprint density at radius 3 is 2.32 bits per heavy atom. The Morgan fingerprint density at radius 1 is 0.903 bits per heavy atom. The van der Waals surface area contributed by atoms with Crippen LogP contribution in [-0.2, 0) is 6.42 Å². The van der Waals surface area contributed by atoms with Crippen LogP contribution in [0.25, 0.3) is 33.0 Å². The fourth-order valence-electron chi connectivity index (χ4n) is 3.89. The smallest absolute Gasteiger partial charge is 0.165 e. The standard InChI is InChI=1S/C28H23FO2/c1-3-4-5-19-6-13-25-23(16-19)11-14-24(26(25)18-30)21-9-7-20(8-10-21)22-12-15-28(31-2)27(29)17-22/h3,6-18H,1,4-5H2,2H3. The van der Waals surface area contributed by atoms with Gasteiger partial charge in [0.25, 0.3) is 0 Å². The predicted molar refractivity (Wildman–Crippen MR) is 125 cm³/mol. The number of carbonyl (C=O) groups excluding carboxylic acids is 1. The zero-order valence-corrected chi connectivity index (χ0v) is 17.4. The summed E-state index contributed by atoms with van der Waals surface area (Å²) in [7, 11) is 1.45. The number of fused-ring (bicyclic) bond motifs is 1. The highest BCUT2D eigenvalue weighted by Crippen LogP contribution is 2.32. The van der Waals surface area contributed by atoms with Gasteiger partial charge in [-0.05, 0) is 63.6 Å². The van der Waals surface area contributed by atoms with Crippen LogP contribution in [0.3, 0.4) is 0 Å². The molecule has 4 aromatic rings. The molecule has 4 rings (SSSR count). The highest BCUT2D eigenvalue weighted by Gasteiger charge is 2.11. The second-order valence-corrected chi connectivity index (χ2v) is 7.45. The molecule has 0 fully saturated rings. The van der Waals surface area contributed by atoms with Gasteiger partial charge in [-0.25, -0.2) is 4.39 Å². The minimum atomic E-state index is -0.394. The molecule has 0 heterocycles. The van der Waals surface area contributed by atoms with Gasteiger partial charge >= 0.3 is 0 Å². The Kier molecular flexibility index (Phi) is 5.94. The lowest BCUT2D eigenvalue weighted by molar-refractivity contribution is 0.112. The van der Waals surface area contributed by atoms with Gasteiger partial charge < -0.3 is 4.74 Å². The Labute approximate surface area is 181 Å². The topological polar surface area (TPSA) is 26.3 Å². The van der Waals surface area contributed by atoms with E-state index in [2.05, 4.69) is 24.8 Å². The SMILES string of the molecule is C=CCCc1ccc2c(C=O)c(-c3ccc(-c4ccc(OC)c(F)c4)cc3)ccc2c1. The van der Waals surface area contributed by atoms with Gasteiger partial charge in [-0.1, -0.05) is 66.7 Å². The number of ether oxygens (including phenoxy) is 1. The maximum atomic E-state index is 14.1. The van der Waals surface area contributed by atoms with E-state index in [-0.39, 0.29) is 5.75 Å². The summed E-state index contributed by atoms with van der Waals surface area (Å²) in [5.74, 6) is -0.172. The highest BCUT2D eigenvalue weighted by molar-refractivity contribution is 6.04. The van der Waals surface area contributed by atoms with Gasteiger partial charge in [0.2, 0.25) is 0 Å². The number of hydrogen-bond donors (Lipinski definition) is 0. The molecule has 0 aliphatic carbocycles. The van der Waals surface area contributed by atoms with Crippen molar-refractivity contribution in [1.29, 1.82) is 0 Å². The number of aryl methyl sites for hydroxylation is 1. The lowest BCUT2D eigenvalue weighted by atomic mass is 9.92. The number of methoxy groups -OCH3 is 1. The van der Waals surface area contributed by atoms with Gasteiger partial charge in [0, 0.05) is 5.56 Å². The predicted octanol–water partition coefficient (Wildman–Crippen LogP) is 7.25. The third-order valence-corrected chi connectivity index (χ3v) is 5.56. The maximum Gasteiger partial charge on any atom is 0.165 e. The van der Waals surface area contributed by atoms with Crippen LogP contribution >= 0.6 is 0 Å². The first-order chi connectivity index (χ1) is 15.1. The second kappa shape index (κ2) is 8.97. The molecule has 0 saturated carbocycles. The van der Waals surface area contributed by atoms with Crippen molar-refractivity contribution in [2.45, 2.75) is 12.8 Å². The van der Waals surface area contributed by atoms with Crippen molar-refractivity contribution in [3.05, 3.63) is 102 Å². The summed E-state index contributed by atoms with van der Waals surface area (Å²) in [6.07, 6.45) is 4.70. The number of aldehydes is 1. The molecule has 0 unspecified atom stereocenters. The zero-order chi connectivity index (χ0) is 21.8. The van der Waals surface area contributed by atoms with E-state index in [1.165, 1.54) is 18.7 Å². The van der Waals surface area contributed by atoms with E-state index in [1.54, 1.807) is 6.07 Å². The van der Waals surface area contributed by atoms with E-state index >= 15 is 0 Å². The summed E-state index contributed by atoms with van der Waals surface area (Å²) in [5.41, 5.74) is 5.40. The van der Waals surface area contributed by atoms with Crippen molar-refractivity contribution in [3.8, 4) is 28.0 Å². The Morgan fingerprint density at radius 2 is 1.65 bits per heavy atom. The van der Waals surface area contributed by atoms with Gasteiger partial charge in [-0.2, -0.15) is 0 Å². The summed E-state index contributed by atoms with van der Waals surface area (Å²) in [6.45, 7) is 3.78. The van der Waals surface area contributed by atoms with Gasteiger partial charge in [0.05, 0.1) is 7.11 Å². The Balaban J connectivity index is 1.70. The zero-order valence-electron chi connectivity index (χ0n) is 17.4. The Bertz CT molecular complexity index is 1260. The molecule has 0 aliphatic rings. The van der Waals surface area contributed by atoms with Crippen molar-refractivity contribution >= 4 is 17.1 Å². The van der Waals surface area contributed by atoms with Crippen molar-refractivity contribution in [1.82, 2.24) is 0 Å². The van der Waals surface area contributed by atoms with Crippen molar-refractivity contribution < 1.29 is 13.9 Å². The summed E-state index contributed by atoms with van der Waals surface area (Å²) < 4.78 is 19.0. The van der Waals surface area contributed by atoms with Crippen LogP contribution in [0.1, 0.15) is 22.3 Å². The normalized spacial score (nSPS) is 10.8. The van der Waals surface area contributed by atoms with E-state index in [9.17, 15) is 9.18 Å². The molecule has 2 nitrogen and oxygen atoms in total. The molecule has 0 amide bonds. The van der Waals surface area contributed by atoms with Crippen LogP contribution in [0.2, 0.25) is 0 Å². The average molecular weight is 410 g/mol. The van der Waals surface area contributed by atoms with E-state index in [4.69, 9.17) is 4.74 Å². The molecule has 0 saturated heterocycles. The quantitative estimate of drug-likeness (QED) is 0.237. The molecular weight excluding hydrogens is 387 g/mol. The molecule has 0 atom stereocenters.